The van der Waals surface area contributed by atoms with Gasteiger partial charge in [0, 0.05) is 15.7 Å². The Labute approximate surface area is 136 Å². The van der Waals surface area contributed by atoms with Gasteiger partial charge in [-0.05, 0) is 61.1 Å². The number of hydrogen-bond acceptors (Lipinski definition) is 3. The fourth-order valence-corrected chi connectivity index (χ4v) is 2.21. The summed E-state index contributed by atoms with van der Waals surface area (Å²) < 4.78 is 0.868. The van der Waals surface area contributed by atoms with Crippen LogP contribution in [0.5, 0.6) is 5.75 Å². The van der Waals surface area contributed by atoms with E-state index in [1.54, 1.807) is 24.3 Å². The van der Waals surface area contributed by atoms with E-state index in [2.05, 4.69) is 26.6 Å². The topological polar surface area (TPSA) is 61.4 Å². The minimum atomic E-state index is -0.285. The first-order valence-corrected chi connectivity index (χ1v) is 7.33. The molecule has 0 aromatic heterocycles. The first-order chi connectivity index (χ1) is 9.95. The number of phenolic OH excluding ortho intramolecular Hbond substituents is 1. The van der Waals surface area contributed by atoms with Crippen molar-refractivity contribution in [1.82, 2.24) is 5.32 Å². The highest BCUT2D eigenvalue weighted by molar-refractivity contribution is 9.10. The molecule has 2 rings (SSSR count). The quantitative estimate of drug-likeness (QED) is 0.562. The van der Waals surface area contributed by atoms with Gasteiger partial charge in [-0.1, -0.05) is 22.0 Å². The highest BCUT2D eigenvalue weighted by atomic mass is 79.9. The maximum atomic E-state index is 12.1. The van der Waals surface area contributed by atoms with E-state index >= 15 is 0 Å². The van der Waals surface area contributed by atoms with Crippen molar-refractivity contribution in [1.29, 1.82) is 0 Å². The van der Waals surface area contributed by atoms with Crippen molar-refractivity contribution in [3.05, 3.63) is 58.1 Å². The van der Waals surface area contributed by atoms with Crippen LogP contribution in [0.3, 0.4) is 0 Å². The third-order valence-electron chi connectivity index (χ3n) is 2.79. The summed E-state index contributed by atoms with van der Waals surface area (Å²) in [5.41, 5.74) is 2.25. The van der Waals surface area contributed by atoms with Gasteiger partial charge in [-0.15, -0.1) is 0 Å². The van der Waals surface area contributed by atoms with Gasteiger partial charge in [-0.25, -0.2) is 0 Å². The van der Waals surface area contributed by atoms with E-state index < -0.39 is 0 Å². The van der Waals surface area contributed by atoms with Gasteiger partial charge in [0.15, 0.2) is 5.11 Å². The van der Waals surface area contributed by atoms with E-state index in [9.17, 15) is 9.90 Å². The molecule has 3 N–H and O–H groups in total. The van der Waals surface area contributed by atoms with Crippen molar-refractivity contribution in [2.75, 3.05) is 5.32 Å². The molecule has 0 saturated carbocycles. The third kappa shape index (κ3) is 4.27. The number of nitrogens with one attached hydrogen (secondary N) is 2. The lowest BCUT2D eigenvalue weighted by atomic mass is 10.1. The first kappa shape index (κ1) is 15.5. The SMILES string of the molecule is Cc1ccc(C(=O)NC(=S)Nc2ccc(O)cc2)cc1Br. The lowest BCUT2D eigenvalue weighted by Gasteiger charge is -2.10. The predicted octanol–water partition coefficient (Wildman–Crippen LogP) is 3.59. The number of hydrogen-bond donors (Lipinski definition) is 3. The number of thiocarbonyl (C=S) groups is 1. The zero-order valence-electron chi connectivity index (χ0n) is 11.2. The zero-order valence-corrected chi connectivity index (χ0v) is 13.6. The molecule has 0 fully saturated rings. The number of carbonyl (C=O) groups excluding carboxylic acids is 1. The van der Waals surface area contributed by atoms with Crippen molar-refractivity contribution < 1.29 is 9.90 Å². The summed E-state index contributed by atoms with van der Waals surface area (Å²) >= 11 is 8.48. The van der Waals surface area contributed by atoms with E-state index in [1.165, 1.54) is 12.1 Å². The summed E-state index contributed by atoms with van der Waals surface area (Å²) in [5, 5.41) is 14.9. The number of benzene rings is 2. The van der Waals surface area contributed by atoms with Gasteiger partial charge in [0.1, 0.15) is 5.75 Å². The maximum Gasteiger partial charge on any atom is 0.257 e. The van der Waals surface area contributed by atoms with Crippen LogP contribution in [0.25, 0.3) is 0 Å². The smallest absolute Gasteiger partial charge is 0.257 e. The van der Waals surface area contributed by atoms with Gasteiger partial charge < -0.3 is 10.4 Å². The highest BCUT2D eigenvalue weighted by Gasteiger charge is 2.09. The fourth-order valence-electron chi connectivity index (χ4n) is 1.62. The molecule has 0 radical (unpaired) electrons. The summed E-state index contributed by atoms with van der Waals surface area (Å²) in [5.74, 6) is -0.119. The van der Waals surface area contributed by atoms with E-state index in [4.69, 9.17) is 12.2 Å². The van der Waals surface area contributed by atoms with Gasteiger partial charge >= 0.3 is 0 Å². The van der Waals surface area contributed by atoms with Gasteiger partial charge in [-0.3, -0.25) is 10.1 Å². The van der Waals surface area contributed by atoms with E-state index in [0.717, 1.165) is 10.0 Å². The Morgan fingerprint density at radius 1 is 1.19 bits per heavy atom. The molecule has 0 unspecified atom stereocenters. The Hall–Kier alpha value is -1.92. The Bertz CT molecular complexity index is 687. The number of carbonyl (C=O) groups is 1. The zero-order chi connectivity index (χ0) is 15.4. The van der Waals surface area contributed by atoms with E-state index in [1.807, 2.05) is 13.0 Å². The maximum absolute atomic E-state index is 12.1. The van der Waals surface area contributed by atoms with Gasteiger partial charge in [0.05, 0.1) is 0 Å². The van der Waals surface area contributed by atoms with Crippen LogP contribution in [0, 0.1) is 6.92 Å². The molecule has 2 aromatic carbocycles. The van der Waals surface area contributed by atoms with Crippen LogP contribution in [0.4, 0.5) is 5.69 Å². The summed E-state index contributed by atoms with van der Waals surface area (Å²) in [7, 11) is 0. The number of phenols is 1. The molecular formula is C15H13BrN2O2S. The Kier molecular flexibility index (Phi) is 4.93. The molecular weight excluding hydrogens is 352 g/mol. The number of anilines is 1. The lowest BCUT2D eigenvalue weighted by Crippen LogP contribution is -2.34. The number of halogens is 1. The predicted molar refractivity (Wildman–Crippen MR) is 90.7 cm³/mol. The van der Waals surface area contributed by atoms with Crippen molar-refractivity contribution in [2.24, 2.45) is 0 Å². The lowest BCUT2D eigenvalue weighted by molar-refractivity contribution is 0.0977. The van der Waals surface area contributed by atoms with Crippen molar-refractivity contribution in [3.8, 4) is 5.75 Å². The minimum absolute atomic E-state index is 0.167. The first-order valence-electron chi connectivity index (χ1n) is 6.13. The third-order valence-corrected chi connectivity index (χ3v) is 3.84. The molecule has 21 heavy (non-hydrogen) atoms. The summed E-state index contributed by atoms with van der Waals surface area (Å²) in [4.78, 5) is 12.1. The molecule has 2 aromatic rings. The second kappa shape index (κ2) is 6.69. The van der Waals surface area contributed by atoms with Crippen molar-refractivity contribution in [3.63, 3.8) is 0 Å². The second-order valence-electron chi connectivity index (χ2n) is 4.42. The number of amides is 1. The standard InChI is InChI=1S/C15H13BrN2O2S/c1-9-2-3-10(8-13(9)16)14(20)18-15(21)17-11-4-6-12(19)7-5-11/h2-8,19H,1H3,(H2,17,18,20,21). The van der Waals surface area contributed by atoms with Gasteiger partial charge in [-0.2, -0.15) is 0 Å². The Morgan fingerprint density at radius 2 is 1.86 bits per heavy atom. The van der Waals surface area contributed by atoms with Crippen molar-refractivity contribution >= 4 is 44.9 Å². The molecule has 0 aliphatic carbocycles. The summed E-state index contributed by atoms with van der Waals surface area (Å²) in [6.45, 7) is 1.95. The number of aryl methyl sites for hydroxylation is 1. The minimum Gasteiger partial charge on any atom is -0.508 e. The van der Waals surface area contributed by atoms with Crippen LogP contribution in [0.2, 0.25) is 0 Å². The van der Waals surface area contributed by atoms with Gasteiger partial charge in [0.25, 0.3) is 5.91 Å². The average molecular weight is 365 g/mol. The molecule has 6 heteroatoms. The molecule has 0 aliphatic rings. The molecule has 108 valence electrons. The Morgan fingerprint density at radius 3 is 2.48 bits per heavy atom. The summed E-state index contributed by atoms with van der Waals surface area (Å²) in [6, 6.07) is 11.7. The molecule has 0 atom stereocenters. The van der Waals surface area contributed by atoms with Gasteiger partial charge in [0.2, 0.25) is 0 Å². The fraction of sp³-hybridized carbons (Fsp3) is 0.0667. The molecule has 0 aliphatic heterocycles. The van der Waals surface area contributed by atoms with Crippen molar-refractivity contribution in [2.45, 2.75) is 6.92 Å². The molecule has 0 bridgehead atoms. The largest absolute Gasteiger partial charge is 0.508 e. The van der Waals surface area contributed by atoms with Crippen LogP contribution >= 0.6 is 28.1 Å². The number of rotatable bonds is 2. The normalized spacial score (nSPS) is 10.0. The highest BCUT2D eigenvalue weighted by Crippen LogP contribution is 2.17. The van der Waals surface area contributed by atoms with Crippen LogP contribution < -0.4 is 10.6 Å². The van der Waals surface area contributed by atoms with E-state index in [0.29, 0.717) is 11.3 Å². The molecule has 0 heterocycles. The van der Waals surface area contributed by atoms with Crippen LogP contribution in [0.1, 0.15) is 15.9 Å². The van der Waals surface area contributed by atoms with Crippen LogP contribution in [-0.2, 0) is 0 Å². The number of aromatic hydroxyl groups is 1. The average Bonchev–Trinajstić information content (AvgIpc) is 2.44. The Balaban J connectivity index is 2.00. The monoisotopic (exact) mass is 364 g/mol. The molecule has 0 saturated heterocycles. The summed E-state index contributed by atoms with van der Waals surface area (Å²) in [6.07, 6.45) is 0. The van der Waals surface area contributed by atoms with E-state index in [-0.39, 0.29) is 16.8 Å². The second-order valence-corrected chi connectivity index (χ2v) is 5.68. The molecule has 0 spiro atoms. The molecule has 4 nitrogen and oxygen atoms in total. The van der Waals surface area contributed by atoms with Crippen LogP contribution in [-0.4, -0.2) is 16.1 Å². The molecule has 1 amide bonds. The van der Waals surface area contributed by atoms with Crippen LogP contribution in [0.15, 0.2) is 46.9 Å².